The number of nitriles is 1. The normalized spacial score (nSPS) is 16.2. The van der Waals surface area contributed by atoms with E-state index in [2.05, 4.69) is 15.5 Å². The van der Waals surface area contributed by atoms with E-state index >= 15 is 0 Å². The van der Waals surface area contributed by atoms with Gasteiger partial charge in [-0.25, -0.2) is 0 Å². The topological polar surface area (TPSA) is 49.0 Å². The number of rotatable bonds is 1. The van der Waals surface area contributed by atoms with Crippen molar-refractivity contribution in [3.63, 3.8) is 0 Å². The number of aromatic nitrogens is 1. The van der Waals surface area contributed by atoms with Crippen LogP contribution in [0.25, 0.3) is 11.3 Å². The molecule has 0 N–H and O–H groups in total. The van der Waals surface area contributed by atoms with Gasteiger partial charge in [-0.05, 0) is 38.2 Å². The predicted octanol–water partition coefficient (Wildman–Crippen LogP) is 3.24. The van der Waals surface area contributed by atoms with Crippen LogP contribution in [-0.2, 0) is 13.0 Å². The third-order valence-corrected chi connectivity index (χ3v) is 5.18. The van der Waals surface area contributed by atoms with Gasteiger partial charge in [-0.15, -0.1) is 0 Å². The molecule has 24 heavy (non-hydrogen) atoms. The van der Waals surface area contributed by atoms with Crippen LogP contribution in [0.1, 0.15) is 36.0 Å². The van der Waals surface area contributed by atoms with Crippen LogP contribution in [0.3, 0.4) is 0 Å². The highest BCUT2D eigenvalue weighted by atomic mass is 16.1. The van der Waals surface area contributed by atoms with Gasteiger partial charge in [0.2, 0.25) is 5.43 Å². The number of nitrogens with zero attached hydrogens (tertiary/aromatic N) is 3. The molecule has 2 aliphatic rings. The van der Waals surface area contributed by atoms with Gasteiger partial charge in [-0.2, -0.15) is 5.26 Å². The molecule has 2 aromatic rings. The Morgan fingerprint density at radius 3 is 2.54 bits per heavy atom. The summed E-state index contributed by atoms with van der Waals surface area (Å²) in [5.41, 5.74) is 4.03. The molecule has 2 aliphatic heterocycles. The van der Waals surface area contributed by atoms with Crippen LogP contribution in [0.4, 0.5) is 5.82 Å². The molecule has 3 heterocycles. The minimum absolute atomic E-state index is 0.0619. The van der Waals surface area contributed by atoms with Crippen molar-refractivity contribution in [1.29, 1.82) is 5.26 Å². The van der Waals surface area contributed by atoms with Crippen LogP contribution in [0, 0.1) is 18.3 Å². The van der Waals surface area contributed by atoms with Crippen molar-refractivity contribution in [2.24, 2.45) is 0 Å². The fourth-order valence-corrected chi connectivity index (χ4v) is 4.03. The van der Waals surface area contributed by atoms with E-state index < -0.39 is 0 Å². The lowest BCUT2D eigenvalue weighted by atomic mass is 9.99. The van der Waals surface area contributed by atoms with Crippen molar-refractivity contribution in [3.8, 4) is 17.3 Å². The van der Waals surface area contributed by atoms with E-state index in [1.54, 1.807) is 0 Å². The first-order chi connectivity index (χ1) is 11.7. The van der Waals surface area contributed by atoms with Gasteiger partial charge in [0.15, 0.2) is 0 Å². The number of aryl methyl sites for hydroxylation is 1. The molecular formula is C20H21N3O. The average molecular weight is 319 g/mol. The van der Waals surface area contributed by atoms with E-state index in [4.69, 9.17) is 0 Å². The summed E-state index contributed by atoms with van der Waals surface area (Å²) in [6.45, 7) is 4.93. The van der Waals surface area contributed by atoms with Crippen molar-refractivity contribution >= 4 is 5.82 Å². The first-order valence-corrected chi connectivity index (χ1v) is 8.72. The van der Waals surface area contributed by atoms with Crippen LogP contribution in [0.15, 0.2) is 29.1 Å². The highest BCUT2D eigenvalue weighted by molar-refractivity contribution is 5.72. The van der Waals surface area contributed by atoms with Crippen LogP contribution in [0.2, 0.25) is 0 Å². The number of hydrogen-bond acceptors (Lipinski definition) is 3. The lowest BCUT2D eigenvalue weighted by Crippen LogP contribution is -2.37. The van der Waals surface area contributed by atoms with Crippen LogP contribution < -0.4 is 10.3 Å². The maximum absolute atomic E-state index is 13.0. The summed E-state index contributed by atoms with van der Waals surface area (Å²) in [5, 5.41) is 9.71. The molecule has 0 saturated heterocycles. The molecule has 0 spiro atoms. The average Bonchev–Trinajstić information content (AvgIpc) is 2.82. The molecular weight excluding hydrogens is 298 g/mol. The fraction of sp³-hybridized carbons (Fsp3) is 0.400. The molecule has 0 saturated carbocycles. The first kappa shape index (κ1) is 15.0. The lowest BCUT2D eigenvalue weighted by Gasteiger charge is -2.35. The third-order valence-electron chi connectivity index (χ3n) is 5.18. The SMILES string of the molecule is Cc1ccc(-c2c(C#N)c(=O)c3c4n2CCCN4CCCC3)cc1. The number of benzene rings is 1. The summed E-state index contributed by atoms with van der Waals surface area (Å²) in [4.78, 5) is 15.4. The van der Waals surface area contributed by atoms with Gasteiger partial charge in [0.1, 0.15) is 17.5 Å². The van der Waals surface area contributed by atoms with E-state index in [-0.39, 0.29) is 5.43 Å². The summed E-state index contributed by atoms with van der Waals surface area (Å²) < 4.78 is 2.23. The first-order valence-electron chi connectivity index (χ1n) is 8.72. The minimum Gasteiger partial charge on any atom is -0.358 e. The smallest absolute Gasteiger partial charge is 0.205 e. The Hall–Kier alpha value is -2.54. The molecule has 4 nitrogen and oxygen atoms in total. The van der Waals surface area contributed by atoms with Crippen molar-refractivity contribution < 1.29 is 0 Å². The zero-order valence-electron chi connectivity index (χ0n) is 14.0. The van der Waals surface area contributed by atoms with Gasteiger partial charge >= 0.3 is 0 Å². The molecule has 0 radical (unpaired) electrons. The largest absolute Gasteiger partial charge is 0.358 e. The Balaban J connectivity index is 2.07. The fourth-order valence-electron chi connectivity index (χ4n) is 4.03. The summed E-state index contributed by atoms with van der Waals surface area (Å²) in [6.07, 6.45) is 3.97. The van der Waals surface area contributed by atoms with E-state index in [9.17, 15) is 10.1 Å². The van der Waals surface area contributed by atoms with Crippen LogP contribution in [-0.4, -0.2) is 17.7 Å². The molecule has 0 amide bonds. The van der Waals surface area contributed by atoms with Crippen molar-refractivity contribution in [3.05, 3.63) is 51.2 Å². The molecule has 1 aromatic carbocycles. The Bertz CT molecular complexity index is 887. The molecule has 4 rings (SSSR count). The van der Waals surface area contributed by atoms with Gasteiger partial charge < -0.3 is 9.47 Å². The quantitative estimate of drug-likeness (QED) is 0.811. The second-order valence-corrected chi connectivity index (χ2v) is 6.78. The molecule has 0 aliphatic carbocycles. The highest BCUT2D eigenvalue weighted by Gasteiger charge is 2.29. The molecule has 0 unspecified atom stereocenters. The summed E-state index contributed by atoms with van der Waals surface area (Å²) in [7, 11) is 0. The third kappa shape index (κ3) is 2.24. The van der Waals surface area contributed by atoms with Gasteiger partial charge in [-0.3, -0.25) is 4.79 Å². The number of pyridine rings is 1. The monoisotopic (exact) mass is 319 g/mol. The van der Waals surface area contributed by atoms with Crippen LogP contribution in [0.5, 0.6) is 0 Å². The van der Waals surface area contributed by atoms with Crippen molar-refractivity contribution in [1.82, 2.24) is 4.57 Å². The van der Waals surface area contributed by atoms with Gasteiger partial charge in [-0.1, -0.05) is 29.8 Å². The second kappa shape index (κ2) is 5.83. The molecule has 1 aromatic heterocycles. The Morgan fingerprint density at radius 2 is 1.79 bits per heavy atom. The molecule has 122 valence electrons. The van der Waals surface area contributed by atoms with E-state index in [0.717, 1.165) is 68.0 Å². The maximum Gasteiger partial charge on any atom is 0.205 e. The predicted molar refractivity (Wildman–Crippen MR) is 95.4 cm³/mol. The van der Waals surface area contributed by atoms with Gasteiger partial charge in [0.25, 0.3) is 0 Å². The standard InChI is InChI=1S/C20H21N3O/c1-14-6-8-15(9-7-14)18-17(13-21)19(24)16-5-2-3-10-22-11-4-12-23(18)20(16)22/h6-9H,2-5,10-12H2,1H3. The van der Waals surface area contributed by atoms with Crippen molar-refractivity contribution in [2.75, 3.05) is 18.0 Å². The zero-order chi connectivity index (χ0) is 16.7. The zero-order valence-corrected chi connectivity index (χ0v) is 14.0. The Morgan fingerprint density at radius 1 is 1.04 bits per heavy atom. The number of anilines is 1. The summed E-state index contributed by atoms with van der Waals surface area (Å²) >= 11 is 0. The Labute approximate surface area is 142 Å². The Kier molecular flexibility index (Phi) is 3.65. The molecule has 4 heteroatoms. The summed E-state index contributed by atoms with van der Waals surface area (Å²) in [5.74, 6) is 1.07. The minimum atomic E-state index is -0.0619. The van der Waals surface area contributed by atoms with Gasteiger partial charge in [0.05, 0.1) is 5.69 Å². The van der Waals surface area contributed by atoms with E-state index in [1.807, 2.05) is 31.2 Å². The van der Waals surface area contributed by atoms with E-state index in [0.29, 0.717) is 5.56 Å². The lowest BCUT2D eigenvalue weighted by molar-refractivity contribution is 0.558. The van der Waals surface area contributed by atoms with E-state index in [1.165, 1.54) is 5.56 Å². The highest BCUT2D eigenvalue weighted by Crippen LogP contribution is 2.34. The van der Waals surface area contributed by atoms with Crippen LogP contribution >= 0.6 is 0 Å². The molecule has 0 atom stereocenters. The molecule has 0 fully saturated rings. The van der Waals surface area contributed by atoms with Gasteiger partial charge in [0, 0.05) is 25.2 Å². The summed E-state index contributed by atoms with van der Waals surface area (Å²) in [6, 6.07) is 10.3. The maximum atomic E-state index is 13.0. The van der Waals surface area contributed by atoms with Crippen molar-refractivity contribution in [2.45, 2.75) is 39.2 Å². The molecule has 0 bridgehead atoms. The number of hydrogen-bond donors (Lipinski definition) is 0. The second-order valence-electron chi connectivity index (χ2n) is 6.78.